The number of ketones is 1. The SMILES string of the molecule is Cc1ccc(Cn2nc(C)c(C=CC(=O)OCC(=O)c3ccc4c(c3)OCCO4)c2C)cc1. The summed E-state index contributed by atoms with van der Waals surface area (Å²) in [5.41, 5.74) is 5.39. The van der Waals surface area contributed by atoms with E-state index in [0.717, 1.165) is 22.5 Å². The van der Waals surface area contributed by atoms with Gasteiger partial charge < -0.3 is 14.2 Å². The fourth-order valence-corrected chi connectivity index (χ4v) is 3.61. The molecule has 0 bridgehead atoms. The Morgan fingerprint density at radius 3 is 2.52 bits per heavy atom. The molecule has 0 amide bonds. The first-order valence-electron chi connectivity index (χ1n) is 10.8. The molecule has 0 radical (unpaired) electrons. The van der Waals surface area contributed by atoms with Crippen LogP contribution in [0.25, 0.3) is 6.08 Å². The molecule has 2 heterocycles. The maximum Gasteiger partial charge on any atom is 0.331 e. The van der Waals surface area contributed by atoms with Crippen molar-refractivity contribution in [1.29, 1.82) is 0 Å². The van der Waals surface area contributed by atoms with Gasteiger partial charge in [0.05, 0.1) is 12.2 Å². The average molecular weight is 447 g/mol. The number of hydrogen-bond acceptors (Lipinski definition) is 6. The van der Waals surface area contributed by atoms with Crippen molar-refractivity contribution in [2.75, 3.05) is 19.8 Å². The number of aryl methyl sites for hydroxylation is 2. The molecule has 0 unspecified atom stereocenters. The zero-order valence-corrected chi connectivity index (χ0v) is 19.0. The van der Waals surface area contributed by atoms with E-state index < -0.39 is 5.97 Å². The summed E-state index contributed by atoms with van der Waals surface area (Å²) in [7, 11) is 0. The maximum absolute atomic E-state index is 12.4. The highest BCUT2D eigenvalue weighted by Gasteiger charge is 2.16. The molecule has 3 aromatic rings. The second kappa shape index (κ2) is 9.73. The highest BCUT2D eigenvalue weighted by Crippen LogP contribution is 2.30. The fraction of sp³-hybridized carbons (Fsp3) is 0.269. The molecule has 0 N–H and O–H groups in total. The van der Waals surface area contributed by atoms with Gasteiger partial charge in [0.25, 0.3) is 0 Å². The molecule has 0 fully saturated rings. The molecule has 33 heavy (non-hydrogen) atoms. The summed E-state index contributed by atoms with van der Waals surface area (Å²) < 4.78 is 18.0. The van der Waals surface area contributed by atoms with Gasteiger partial charge in [-0.05, 0) is 50.6 Å². The lowest BCUT2D eigenvalue weighted by molar-refractivity contribution is -0.136. The Bertz CT molecular complexity index is 1210. The molecule has 7 heteroatoms. The standard InChI is InChI=1S/C26H26N2O5/c1-17-4-6-20(7-5-17)15-28-19(3)22(18(2)27-28)9-11-26(30)33-16-23(29)21-8-10-24-25(14-21)32-13-12-31-24/h4-11,14H,12-13,15-16H2,1-3H3. The molecule has 4 rings (SSSR count). The Morgan fingerprint density at radius 2 is 1.76 bits per heavy atom. The van der Waals surface area contributed by atoms with Crippen LogP contribution in [0.4, 0.5) is 0 Å². The van der Waals surface area contributed by atoms with Crippen LogP contribution < -0.4 is 9.47 Å². The van der Waals surface area contributed by atoms with Crippen LogP contribution in [0.5, 0.6) is 11.5 Å². The van der Waals surface area contributed by atoms with E-state index in [0.29, 0.717) is 36.8 Å². The first-order valence-corrected chi connectivity index (χ1v) is 10.8. The minimum Gasteiger partial charge on any atom is -0.486 e. The summed E-state index contributed by atoms with van der Waals surface area (Å²) in [6.07, 6.45) is 3.00. The van der Waals surface area contributed by atoms with E-state index in [4.69, 9.17) is 14.2 Å². The topological polar surface area (TPSA) is 79.7 Å². The van der Waals surface area contributed by atoms with E-state index in [1.54, 1.807) is 24.3 Å². The van der Waals surface area contributed by atoms with Gasteiger partial charge in [0.15, 0.2) is 23.9 Å². The lowest BCUT2D eigenvalue weighted by Gasteiger charge is -2.18. The lowest BCUT2D eigenvalue weighted by Crippen LogP contribution is -2.17. The van der Waals surface area contributed by atoms with Crippen molar-refractivity contribution in [1.82, 2.24) is 9.78 Å². The quantitative estimate of drug-likeness (QED) is 0.309. The van der Waals surface area contributed by atoms with E-state index in [1.807, 2.05) is 18.5 Å². The largest absolute Gasteiger partial charge is 0.486 e. The van der Waals surface area contributed by atoms with Gasteiger partial charge in [-0.1, -0.05) is 29.8 Å². The van der Waals surface area contributed by atoms with Gasteiger partial charge in [-0.2, -0.15) is 5.10 Å². The number of ether oxygens (including phenoxy) is 3. The number of hydrogen-bond donors (Lipinski definition) is 0. The molecule has 0 atom stereocenters. The molecule has 0 aliphatic carbocycles. The lowest BCUT2D eigenvalue weighted by atomic mass is 10.1. The first kappa shape index (κ1) is 22.3. The number of aromatic nitrogens is 2. The van der Waals surface area contributed by atoms with Crippen molar-refractivity contribution >= 4 is 17.8 Å². The highest BCUT2D eigenvalue weighted by molar-refractivity contribution is 5.99. The van der Waals surface area contributed by atoms with Crippen LogP contribution in [-0.2, 0) is 16.1 Å². The number of Topliss-reactive ketones (excluding diaryl/α,β-unsaturated/α-hetero) is 1. The van der Waals surface area contributed by atoms with Crippen LogP contribution in [0.15, 0.2) is 48.5 Å². The van der Waals surface area contributed by atoms with Crippen LogP contribution in [0.2, 0.25) is 0 Å². The minimum atomic E-state index is -0.592. The molecule has 0 saturated heterocycles. The molecule has 7 nitrogen and oxygen atoms in total. The zero-order chi connectivity index (χ0) is 23.4. The number of esters is 1. The smallest absolute Gasteiger partial charge is 0.331 e. The van der Waals surface area contributed by atoms with Gasteiger partial charge in [-0.25, -0.2) is 4.79 Å². The van der Waals surface area contributed by atoms with E-state index in [2.05, 4.69) is 36.3 Å². The maximum atomic E-state index is 12.4. The summed E-state index contributed by atoms with van der Waals surface area (Å²) >= 11 is 0. The van der Waals surface area contributed by atoms with E-state index >= 15 is 0 Å². The van der Waals surface area contributed by atoms with Gasteiger partial charge in [0.2, 0.25) is 0 Å². The number of rotatable bonds is 7. The Kier molecular flexibility index (Phi) is 6.58. The van der Waals surface area contributed by atoms with E-state index in [9.17, 15) is 9.59 Å². The predicted octanol–water partition coefficient (Wildman–Crippen LogP) is 4.07. The molecule has 1 aromatic heterocycles. The summed E-state index contributed by atoms with van der Waals surface area (Å²) in [4.78, 5) is 24.6. The summed E-state index contributed by atoms with van der Waals surface area (Å²) in [6, 6.07) is 13.2. The van der Waals surface area contributed by atoms with Crippen molar-refractivity contribution in [2.45, 2.75) is 27.3 Å². The number of benzene rings is 2. The second-order valence-corrected chi connectivity index (χ2v) is 7.95. The summed E-state index contributed by atoms with van der Waals surface area (Å²) in [6.45, 7) is 7.13. The Labute approximate surface area is 192 Å². The van der Waals surface area contributed by atoms with Crippen LogP contribution >= 0.6 is 0 Å². The molecule has 0 spiro atoms. The monoisotopic (exact) mass is 446 g/mol. The van der Waals surface area contributed by atoms with E-state index in [1.165, 1.54) is 11.6 Å². The highest BCUT2D eigenvalue weighted by atomic mass is 16.6. The van der Waals surface area contributed by atoms with Gasteiger partial charge in [-0.15, -0.1) is 0 Å². The van der Waals surface area contributed by atoms with Crippen LogP contribution in [0, 0.1) is 20.8 Å². The molecular formula is C26H26N2O5. The summed E-state index contributed by atoms with van der Waals surface area (Å²) in [5, 5.41) is 4.59. The van der Waals surface area contributed by atoms with Crippen molar-refractivity contribution < 1.29 is 23.8 Å². The number of fused-ring (bicyclic) bond motifs is 1. The number of carbonyl (C=O) groups is 2. The van der Waals surface area contributed by atoms with Gasteiger partial charge in [-0.3, -0.25) is 9.48 Å². The van der Waals surface area contributed by atoms with Gasteiger partial charge in [0.1, 0.15) is 13.2 Å². The third kappa shape index (κ3) is 5.31. The Balaban J connectivity index is 1.36. The first-order chi connectivity index (χ1) is 15.9. The Hall–Kier alpha value is -3.87. The minimum absolute atomic E-state index is 0.313. The molecule has 0 saturated carbocycles. The molecule has 1 aliphatic rings. The summed E-state index contributed by atoms with van der Waals surface area (Å²) in [5.74, 6) is 0.219. The van der Waals surface area contributed by atoms with E-state index in [-0.39, 0.29) is 12.4 Å². The third-order valence-corrected chi connectivity index (χ3v) is 5.49. The molecule has 170 valence electrons. The van der Waals surface area contributed by atoms with Gasteiger partial charge >= 0.3 is 5.97 Å². The van der Waals surface area contributed by atoms with Crippen LogP contribution in [-0.4, -0.2) is 41.4 Å². The zero-order valence-electron chi connectivity index (χ0n) is 19.0. The second-order valence-electron chi connectivity index (χ2n) is 7.95. The molecule has 1 aliphatic heterocycles. The average Bonchev–Trinajstić information content (AvgIpc) is 3.09. The van der Waals surface area contributed by atoms with Gasteiger partial charge in [0, 0.05) is 22.9 Å². The van der Waals surface area contributed by atoms with Crippen LogP contribution in [0.1, 0.15) is 38.4 Å². The van der Waals surface area contributed by atoms with Crippen molar-refractivity contribution in [3.8, 4) is 11.5 Å². The van der Waals surface area contributed by atoms with Crippen molar-refractivity contribution in [3.05, 3.63) is 82.2 Å². The normalized spacial score (nSPS) is 12.7. The van der Waals surface area contributed by atoms with Crippen molar-refractivity contribution in [3.63, 3.8) is 0 Å². The molecular weight excluding hydrogens is 420 g/mol. The van der Waals surface area contributed by atoms with Crippen LogP contribution in [0.3, 0.4) is 0 Å². The third-order valence-electron chi connectivity index (χ3n) is 5.49. The predicted molar refractivity (Wildman–Crippen MR) is 124 cm³/mol. The number of nitrogens with zero attached hydrogens (tertiary/aromatic N) is 2. The fourth-order valence-electron chi connectivity index (χ4n) is 3.61. The Morgan fingerprint density at radius 1 is 1.03 bits per heavy atom. The van der Waals surface area contributed by atoms with Crippen molar-refractivity contribution in [2.24, 2.45) is 0 Å². The molecule has 2 aromatic carbocycles. The number of carbonyl (C=O) groups excluding carboxylic acids is 2.